The highest BCUT2D eigenvalue weighted by atomic mass is 32.2. The van der Waals surface area contributed by atoms with Crippen LogP contribution in [0.5, 0.6) is 0 Å². The number of nitrogens with one attached hydrogen (secondary N) is 2. The number of nitrogens with zero attached hydrogens (tertiary/aromatic N) is 1. The molecular weight excluding hydrogens is 262 g/mol. The Bertz CT molecular complexity index is 381. The standard InChI is InChI=1S/C13H23N3O2S/c1-4-13(11(17)18,16-10(2)3)6-5-9-19-12-14-7-8-15-12/h7-8,10,16H,4-6,9H2,1-3H3,(H,14,15)(H,17,18). The van der Waals surface area contributed by atoms with Gasteiger partial charge in [-0.25, -0.2) is 4.98 Å². The molecule has 0 aromatic carbocycles. The van der Waals surface area contributed by atoms with E-state index in [9.17, 15) is 9.90 Å². The fourth-order valence-electron chi connectivity index (χ4n) is 2.10. The first-order chi connectivity index (χ1) is 9.00. The summed E-state index contributed by atoms with van der Waals surface area (Å²) < 4.78 is 0. The molecule has 6 heteroatoms. The van der Waals surface area contributed by atoms with Gasteiger partial charge in [-0.05, 0) is 33.1 Å². The molecule has 19 heavy (non-hydrogen) atoms. The molecule has 1 atom stereocenters. The molecule has 0 aliphatic rings. The van der Waals surface area contributed by atoms with Crippen molar-refractivity contribution in [2.45, 2.75) is 56.8 Å². The number of carboxylic acids is 1. The lowest BCUT2D eigenvalue weighted by molar-refractivity contribution is -0.145. The van der Waals surface area contributed by atoms with E-state index in [2.05, 4.69) is 15.3 Å². The second-order valence-corrected chi connectivity index (χ2v) is 5.97. The molecule has 3 N–H and O–H groups in total. The van der Waals surface area contributed by atoms with Crippen LogP contribution in [0.25, 0.3) is 0 Å². The number of rotatable bonds is 9. The van der Waals surface area contributed by atoms with Crippen LogP contribution in [-0.2, 0) is 4.79 Å². The molecule has 1 rings (SSSR count). The average molecular weight is 285 g/mol. The average Bonchev–Trinajstić information content (AvgIpc) is 2.85. The number of carboxylic acid groups (broad SMARTS) is 1. The second kappa shape index (κ2) is 7.55. The highest BCUT2D eigenvalue weighted by Gasteiger charge is 2.36. The molecule has 0 aliphatic carbocycles. The Morgan fingerprint density at radius 1 is 1.63 bits per heavy atom. The monoisotopic (exact) mass is 285 g/mol. The van der Waals surface area contributed by atoms with Crippen LogP contribution in [0.15, 0.2) is 17.6 Å². The number of H-pyrrole nitrogens is 1. The summed E-state index contributed by atoms with van der Waals surface area (Å²) >= 11 is 1.62. The van der Waals surface area contributed by atoms with Gasteiger partial charge >= 0.3 is 5.97 Å². The Hall–Kier alpha value is -1.01. The minimum atomic E-state index is -0.808. The molecule has 5 nitrogen and oxygen atoms in total. The number of imidazole rings is 1. The number of hydrogen-bond acceptors (Lipinski definition) is 4. The first-order valence-electron chi connectivity index (χ1n) is 6.63. The molecular formula is C13H23N3O2S. The van der Waals surface area contributed by atoms with Gasteiger partial charge in [-0.1, -0.05) is 18.7 Å². The van der Waals surface area contributed by atoms with Crippen LogP contribution in [0, 0.1) is 0 Å². The Balaban J connectivity index is 2.46. The van der Waals surface area contributed by atoms with Gasteiger partial charge in [0.2, 0.25) is 0 Å². The Morgan fingerprint density at radius 3 is 2.84 bits per heavy atom. The van der Waals surface area contributed by atoms with Crippen LogP contribution in [0.2, 0.25) is 0 Å². The molecule has 108 valence electrons. The van der Waals surface area contributed by atoms with Gasteiger partial charge in [-0.3, -0.25) is 10.1 Å². The highest BCUT2D eigenvalue weighted by molar-refractivity contribution is 7.99. The number of carbonyl (C=O) groups is 1. The molecule has 0 bridgehead atoms. The third-order valence-corrected chi connectivity index (χ3v) is 4.03. The van der Waals surface area contributed by atoms with Crippen LogP contribution in [0.4, 0.5) is 0 Å². The summed E-state index contributed by atoms with van der Waals surface area (Å²) in [6.07, 6.45) is 5.56. The SMILES string of the molecule is CCC(CCCSc1ncc[nH]1)(NC(C)C)C(=O)O. The van der Waals surface area contributed by atoms with Crippen molar-refractivity contribution in [2.24, 2.45) is 0 Å². The molecule has 1 heterocycles. The molecule has 0 saturated carbocycles. The first kappa shape index (κ1) is 16.0. The summed E-state index contributed by atoms with van der Waals surface area (Å²) in [6, 6.07) is 0.161. The Labute approximate surface area is 118 Å². The van der Waals surface area contributed by atoms with Crippen LogP contribution in [0.1, 0.15) is 40.0 Å². The lowest BCUT2D eigenvalue weighted by Crippen LogP contribution is -2.54. The third-order valence-electron chi connectivity index (χ3n) is 3.04. The summed E-state index contributed by atoms with van der Waals surface area (Å²) in [5.74, 6) is 0.106. The van der Waals surface area contributed by atoms with Gasteiger partial charge in [0.25, 0.3) is 0 Å². The quantitative estimate of drug-likeness (QED) is 0.480. The molecule has 0 aliphatic heterocycles. The van der Waals surface area contributed by atoms with E-state index < -0.39 is 11.5 Å². The van der Waals surface area contributed by atoms with Gasteiger partial charge < -0.3 is 10.1 Å². The smallest absolute Gasteiger partial charge is 0.323 e. The molecule has 0 saturated heterocycles. The summed E-state index contributed by atoms with van der Waals surface area (Å²) in [6.45, 7) is 5.87. The van der Waals surface area contributed by atoms with E-state index in [0.29, 0.717) is 12.8 Å². The molecule has 1 aromatic heterocycles. The topological polar surface area (TPSA) is 78.0 Å². The van der Waals surface area contributed by atoms with E-state index in [1.54, 1.807) is 24.2 Å². The largest absolute Gasteiger partial charge is 0.480 e. The first-order valence-corrected chi connectivity index (χ1v) is 7.62. The summed E-state index contributed by atoms with van der Waals surface area (Å²) in [5.41, 5.74) is -0.808. The maximum Gasteiger partial charge on any atom is 0.323 e. The van der Waals surface area contributed by atoms with Crippen molar-refractivity contribution < 1.29 is 9.90 Å². The van der Waals surface area contributed by atoms with E-state index in [-0.39, 0.29) is 6.04 Å². The fraction of sp³-hybridized carbons (Fsp3) is 0.692. The minimum absolute atomic E-state index is 0.161. The Kier molecular flexibility index (Phi) is 6.37. The van der Waals surface area contributed by atoms with Gasteiger partial charge in [0, 0.05) is 24.2 Å². The van der Waals surface area contributed by atoms with Crippen LogP contribution in [0.3, 0.4) is 0 Å². The molecule has 1 aromatic rings. The number of aliphatic carboxylic acids is 1. The number of aromatic amines is 1. The molecule has 0 amide bonds. The van der Waals surface area contributed by atoms with E-state index >= 15 is 0 Å². The van der Waals surface area contributed by atoms with Crippen molar-refractivity contribution in [3.8, 4) is 0 Å². The van der Waals surface area contributed by atoms with Gasteiger partial charge in [0.05, 0.1) is 0 Å². The summed E-state index contributed by atoms with van der Waals surface area (Å²) in [5, 5.41) is 13.6. The maximum atomic E-state index is 11.5. The molecule has 1 unspecified atom stereocenters. The van der Waals surface area contributed by atoms with E-state index in [1.807, 2.05) is 20.8 Å². The van der Waals surface area contributed by atoms with Gasteiger partial charge in [-0.15, -0.1) is 0 Å². The molecule has 0 spiro atoms. The van der Waals surface area contributed by atoms with Crippen LogP contribution >= 0.6 is 11.8 Å². The van der Waals surface area contributed by atoms with Gasteiger partial charge in [0.1, 0.15) is 5.54 Å². The van der Waals surface area contributed by atoms with Crippen molar-refractivity contribution >= 4 is 17.7 Å². The zero-order chi connectivity index (χ0) is 14.3. The van der Waals surface area contributed by atoms with Gasteiger partial charge in [-0.2, -0.15) is 0 Å². The van der Waals surface area contributed by atoms with Crippen molar-refractivity contribution in [3.63, 3.8) is 0 Å². The number of thioether (sulfide) groups is 1. The summed E-state index contributed by atoms with van der Waals surface area (Å²) in [7, 11) is 0. The lowest BCUT2D eigenvalue weighted by atomic mass is 9.90. The van der Waals surface area contributed by atoms with Crippen molar-refractivity contribution in [2.75, 3.05) is 5.75 Å². The predicted octanol–water partition coefficient (Wildman–Crippen LogP) is 2.51. The second-order valence-electron chi connectivity index (χ2n) is 4.89. The van der Waals surface area contributed by atoms with Crippen LogP contribution < -0.4 is 5.32 Å². The zero-order valence-corrected chi connectivity index (χ0v) is 12.6. The Morgan fingerprint density at radius 2 is 2.37 bits per heavy atom. The van der Waals surface area contributed by atoms with E-state index in [4.69, 9.17) is 0 Å². The predicted molar refractivity (Wildman–Crippen MR) is 77.5 cm³/mol. The fourth-order valence-corrected chi connectivity index (χ4v) is 2.86. The summed E-state index contributed by atoms with van der Waals surface area (Å²) in [4.78, 5) is 18.7. The number of aromatic nitrogens is 2. The maximum absolute atomic E-state index is 11.5. The highest BCUT2D eigenvalue weighted by Crippen LogP contribution is 2.22. The van der Waals surface area contributed by atoms with Gasteiger partial charge in [0.15, 0.2) is 5.16 Å². The minimum Gasteiger partial charge on any atom is -0.480 e. The van der Waals surface area contributed by atoms with Crippen molar-refractivity contribution in [1.29, 1.82) is 0 Å². The van der Waals surface area contributed by atoms with E-state index in [1.165, 1.54) is 0 Å². The van der Waals surface area contributed by atoms with E-state index in [0.717, 1.165) is 17.3 Å². The molecule has 0 radical (unpaired) electrons. The number of hydrogen-bond donors (Lipinski definition) is 3. The molecule has 0 fully saturated rings. The van der Waals surface area contributed by atoms with Crippen molar-refractivity contribution in [3.05, 3.63) is 12.4 Å². The third kappa shape index (κ3) is 4.87. The van der Waals surface area contributed by atoms with Crippen molar-refractivity contribution in [1.82, 2.24) is 15.3 Å². The normalized spacial score (nSPS) is 14.5. The zero-order valence-electron chi connectivity index (χ0n) is 11.8. The van der Waals surface area contributed by atoms with Crippen LogP contribution in [-0.4, -0.2) is 38.4 Å². The lowest BCUT2D eigenvalue weighted by Gasteiger charge is -2.31.